The minimum Gasteiger partial charge on any atom is -0.317 e. The van der Waals surface area contributed by atoms with Crippen LogP contribution >= 0.6 is 11.3 Å². The summed E-state index contributed by atoms with van der Waals surface area (Å²) >= 11 is 1.93. The Morgan fingerprint density at radius 2 is 2.41 bits per heavy atom. The molecule has 0 saturated heterocycles. The molecular weight excluding hydrogens is 228 g/mol. The maximum absolute atomic E-state index is 3.40. The summed E-state index contributed by atoms with van der Waals surface area (Å²) in [5.74, 6) is 0. The lowest BCUT2D eigenvalue weighted by Gasteiger charge is -2.32. The second kappa shape index (κ2) is 6.53. The van der Waals surface area contributed by atoms with Crippen molar-refractivity contribution in [1.82, 2.24) is 10.2 Å². The van der Waals surface area contributed by atoms with E-state index in [1.807, 2.05) is 11.3 Å². The Morgan fingerprint density at radius 3 is 3.24 bits per heavy atom. The van der Waals surface area contributed by atoms with Crippen LogP contribution in [0.2, 0.25) is 0 Å². The number of thiophene rings is 1. The molecule has 1 aromatic heterocycles. The van der Waals surface area contributed by atoms with Gasteiger partial charge in [-0.3, -0.25) is 4.90 Å². The van der Waals surface area contributed by atoms with E-state index in [1.54, 1.807) is 10.4 Å². The molecule has 17 heavy (non-hydrogen) atoms. The average molecular weight is 252 g/mol. The second-order valence-electron chi connectivity index (χ2n) is 4.93. The summed E-state index contributed by atoms with van der Waals surface area (Å²) in [5.41, 5.74) is 1.57. The smallest absolute Gasteiger partial charge is 0.0247 e. The van der Waals surface area contributed by atoms with Gasteiger partial charge in [-0.15, -0.1) is 11.3 Å². The fraction of sp³-hybridized carbons (Fsp3) is 0.714. The van der Waals surface area contributed by atoms with Crippen LogP contribution in [0.4, 0.5) is 0 Å². The molecule has 2 rings (SSSR count). The van der Waals surface area contributed by atoms with Crippen LogP contribution in [0.25, 0.3) is 0 Å². The summed E-state index contributed by atoms with van der Waals surface area (Å²) < 4.78 is 0. The van der Waals surface area contributed by atoms with Gasteiger partial charge < -0.3 is 5.32 Å². The lowest BCUT2D eigenvalue weighted by Crippen LogP contribution is -2.37. The van der Waals surface area contributed by atoms with E-state index in [1.165, 1.54) is 38.9 Å². The van der Waals surface area contributed by atoms with Crippen LogP contribution < -0.4 is 5.32 Å². The Kier molecular flexibility index (Phi) is 5.01. The van der Waals surface area contributed by atoms with Crippen LogP contribution in [0.5, 0.6) is 0 Å². The molecule has 1 unspecified atom stereocenters. The largest absolute Gasteiger partial charge is 0.317 e. The highest BCUT2D eigenvalue weighted by Gasteiger charge is 2.20. The highest BCUT2D eigenvalue weighted by atomic mass is 32.1. The van der Waals surface area contributed by atoms with Gasteiger partial charge in [0, 0.05) is 24.0 Å². The molecule has 1 N–H and O–H groups in total. The van der Waals surface area contributed by atoms with Gasteiger partial charge in [0.2, 0.25) is 0 Å². The average Bonchev–Trinajstić information content (AvgIpc) is 2.81. The molecule has 1 aromatic rings. The van der Waals surface area contributed by atoms with Crippen LogP contribution in [0, 0.1) is 0 Å². The van der Waals surface area contributed by atoms with Crippen molar-refractivity contribution < 1.29 is 0 Å². The Hall–Kier alpha value is -0.380. The van der Waals surface area contributed by atoms with E-state index < -0.39 is 0 Å². The molecule has 0 aromatic carbocycles. The highest BCUT2D eigenvalue weighted by Crippen LogP contribution is 2.25. The number of nitrogens with one attached hydrogen (secondary N) is 1. The molecule has 0 amide bonds. The van der Waals surface area contributed by atoms with E-state index in [0.29, 0.717) is 0 Å². The molecular formula is C14H24N2S. The van der Waals surface area contributed by atoms with Crippen LogP contribution in [-0.2, 0) is 13.0 Å². The van der Waals surface area contributed by atoms with Crippen LogP contribution in [0.15, 0.2) is 11.4 Å². The topological polar surface area (TPSA) is 15.3 Å². The first-order valence-electron chi connectivity index (χ1n) is 6.81. The summed E-state index contributed by atoms with van der Waals surface area (Å²) in [5, 5.41) is 5.64. The second-order valence-corrected chi connectivity index (χ2v) is 5.93. The fourth-order valence-corrected chi connectivity index (χ4v) is 3.42. The zero-order valence-electron chi connectivity index (χ0n) is 11.0. The molecule has 0 saturated carbocycles. The number of fused-ring (bicyclic) bond motifs is 1. The third kappa shape index (κ3) is 3.54. The molecule has 1 aliphatic heterocycles. The summed E-state index contributed by atoms with van der Waals surface area (Å²) in [7, 11) is 0. The Morgan fingerprint density at radius 1 is 1.53 bits per heavy atom. The van der Waals surface area contributed by atoms with Crippen molar-refractivity contribution in [3.8, 4) is 0 Å². The van der Waals surface area contributed by atoms with Crippen molar-refractivity contribution in [2.45, 2.75) is 45.7 Å². The Balaban J connectivity index is 1.76. The predicted octanol–water partition coefficient (Wildman–Crippen LogP) is 2.88. The SMILES string of the molecule is CCNCCCC(C)N1CCc2sccc2C1. The minimum atomic E-state index is 0.724. The van der Waals surface area contributed by atoms with E-state index in [4.69, 9.17) is 0 Å². The van der Waals surface area contributed by atoms with Crippen molar-refractivity contribution in [2.24, 2.45) is 0 Å². The number of rotatable bonds is 6. The fourth-order valence-electron chi connectivity index (χ4n) is 2.53. The summed E-state index contributed by atoms with van der Waals surface area (Å²) in [6, 6.07) is 3.03. The monoisotopic (exact) mass is 252 g/mol. The molecule has 0 bridgehead atoms. The van der Waals surface area contributed by atoms with Gasteiger partial charge in [-0.05, 0) is 56.3 Å². The molecule has 96 valence electrons. The van der Waals surface area contributed by atoms with Gasteiger partial charge in [-0.2, -0.15) is 0 Å². The number of hydrogen-bond donors (Lipinski definition) is 1. The van der Waals surface area contributed by atoms with Crippen LogP contribution in [-0.4, -0.2) is 30.6 Å². The standard InChI is InChI=1S/C14H24N2S/c1-3-15-8-4-5-12(2)16-9-6-14-13(11-16)7-10-17-14/h7,10,12,15H,3-6,8-9,11H2,1-2H3. The molecule has 1 atom stereocenters. The molecule has 0 aliphatic carbocycles. The minimum absolute atomic E-state index is 0.724. The zero-order valence-corrected chi connectivity index (χ0v) is 11.9. The van der Waals surface area contributed by atoms with E-state index in [9.17, 15) is 0 Å². The van der Waals surface area contributed by atoms with Gasteiger partial charge in [-0.25, -0.2) is 0 Å². The summed E-state index contributed by atoms with van der Waals surface area (Å²) in [6.45, 7) is 9.22. The summed E-state index contributed by atoms with van der Waals surface area (Å²) in [6.07, 6.45) is 3.86. The highest BCUT2D eigenvalue weighted by molar-refractivity contribution is 7.10. The van der Waals surface area contributed by atoms with E-state index in [-0.39, 0.29) is 0 Å². The lowest BCUT2D eigenvalue weighted by atomic mass is 10.1. The first-order valence-corrected chi connectivity index (χ1v) is 7.69. The molecule has 3 heteroatoms. The molecule has 2 heterocycles. The quantitative estimate of drug-likeness (QED) is 0.783. The number of nitrogens with zero attached hydrogens (tertiary/aromatic N) is 1. The lowest BCUT2D eigenvalue weighted by molar-refractivity contribution is 0.181. The first kappa shape index (κ1) is 13.1. The molecule has 1 aliphatic rings. The van der Waals surface area contributed by atoms with Crippen molar-refractivity contribution in [2.75, 3.05) is 19.6 Å². The molecule has 2 nitrogen and oxygen atoms in total. The normalized spacial score (nSPS) is 18.0. The predicted molar refractivity (Wildman–Crippen MR) is 75.7 cm³/mol. The maximum Gasteiger partial charge on any atom is 0.0247 e. The third-order valence-electron chi connectivity index (χ3n) is 3.69. The summed E-state index contributed by atoms with van der Waals surface area (Å²) in [4.78, 5) is 4.25. The Bertz CT molecular complexity index is 335. The first-order chi connectivity index (χ1) is 8.31. The van der Waals surface area contributed by atoms with Gasteiger partial charge in [0.1, 0.15) is 0 Å². The van der Waals surface area contributed by atoms with Gasteiger partial charge in [-0.1, -0.05) is 6.92 Å². The molecule has 0 spiro atoms. The van der Waals surface area contributed by atoms with Gasteiger partial charge in [0.05, 0.1) is 0 Å². The zero-order chi connectivity index (χ0) is 12.1. The van der Waals surface area contributed by atoms with Crippen molar-refractivity contribution in [3.63, 3.8) is 0 Å². The van der Waals surface area contributed by atoms with Crippen LogP contribution in [0.3, 0.4) is 0 Å². The van der Waals surface area contributed by atoms with E-state index in [0.717, 1.165) is 12.6 Å². The van der Waals surface area contributed by atoms with Crippen molar-refractivity contribution in [1.29, 1.82) is 0 Å². The maximum atomic E-state index is 3.40. The molecule has 0 fully saturated rings. The van der Waals surface area contributed by atoms with Crippen molar-refractivity contribution >= 4 is 11.3 Å². The van der Waals surface area contributed by atoms with Gasteiger partial charge >= 0.3 is 0 Å². The molecule has 0 radical (unpaired) electrons. The van der Waals surface area contributed by atoms with Gasteiger partial charge in [0.25, 0.3) is 0 Å². The van der Waals surface area contributed by atoms with Crippen LogP contribution in [0.1, 0.15) is 37.1 Å². The van der Waals surface area contributed by atoms with E-state index in [2.05, 4.69) is 35.5 Å². The number of hydrogen-bond acceptors (Lipinski definition) is 3. The Labute approximate surface area is 109 Å². The van der Waals surface area contributed by atoms with E-state index >= 15 is 0 Å². The van der Waals surface area contributed by atoms with Gasteiger partial charge in [0.15, 0.2) is 0 Å². The third-order valence-corrected chi connectivity index (χ3v) is 4.71. The van der Waals surface area contributed by atoms with Crippen molar-refractivity contribution in [3.05, 3.63) is 21.9 Å².